The molecule has 3 aromatic carbocycles. The molecule has 0 spiro atoms. The van der Waals surface area contributed by atoms with Crippen molar-refractivity contribution in [2.45, 2.75) is 6.92 Å². The molecular formula is C19H12ClF2Rb. The van der Waals surface area contributed by atoms with E-state index in [1.54, 1.807) is 12.1 Å². The van der Waals surface area contributed by atoms with Gasteiger partial charge in [0.1, 0.15) is 5.82 Å². The van der Waals surface area contributed by atoms with Gasteiger partial charge in [0, 0.05) is 11.4 Å². The zero-order chi connectivity index (χ0) is 15.7. The maximum absolute atomic E-state index is 14.4. The Hall–Kier alpha value is -0.385. The fourth-order valence-corrected chi connectivity index (χ4v) is 2.49. The summed E-state index contributed by atoms with van der Waals surface area (Å²) in [5, 5.41) is -0.0967. The molecule has 0 radical (unpaired) electrons. The van der Waals surface area contributed by atoms with Crippen molar-refractivity contribution in [3.8, 4) is 22.3 Å². The Labute approximate surface area is 188 Å². The molecule has 0 heterocycles. The van der Waals surface area contributed by atoms with Crippen molar-refractivity contribution in [1.29, 1.82) is 0 Å². The van der Waals surface area contributed by atoms with Crippen molar-refractivity contribution in [1.82, 2.24) is 0 Å². The van der Waals surface area contributed by atoms with E-state index >= 15 is 0 Å². The first-order chi connectivity index (χ1) is 10.6. The third-order valence-electron chi connectivity index (χ3n) is 3.53. The van der Waals surface area contributed by atoms with Gasteiger partial charge in [0.25, 0.3) is 0 Å². The van der Waals surface area contributed by atoms with Gasteiger partial charge in [-0.2, -0.15) is 18.2 Å². The molecule has 23 heavy (non-hydrogen) atoms. The second-order valence-electron chi connectivity index (χ2n) is 5.08. The third kappa shape index (κ3) is 4.18. The van der Waals surface area contributed by atoms with Gasteiger partial charge < -0.3 is 0 Å². The van der Waals surface area contributed by atoms with Crippen LogP contribution in [0, 0.1) is 24.6 Å². The van der Waals surface area contributed by atoms with E-state index < -0.39 is 11.6 Å². The van der Waals surface area contributed by atoms with Crippen molar-refractivity contribution < 1.29 is 67.0 Å². The number of aryl methyl sites for hydroxylation is 1. The SMILES string of the molecule is Cc1ccc(-c2ccc(-c3cc[c-]c(Cl)c3F)cc2F)cc1.[Rb+]. The molecule has 0 nitrogen and oxygen atoms in total. The molecule has 3 aromatic rings. The molecule has 0 atom stereocenters. The molecule has 0 amide bonds. The standard InChI is InChI=1S/C19H12ClF2.Rb/c1-12-5-7-13(8-6-12)15-10-9-14(11-18(15)21)16-3-2-4-17(20)19(16)22;/h2-3,5-11H,1H3;/q-1;+1. The number of hydrogen-bond donors (Lipinski definition) is 0. The van der Waals surface area contributed by atoms with Crippen LogP contribution in [0.25, 0.3) is 22.3 Å². The molecule has 0 fully saturated rings. The zero-order valence-corrected chi connectivity index (χ0v) is 18.5. The summed E-state index contributed by atoms with van der Waals surface area (Å²) in [5.74, 6) is -0.989. The Kier molecular flexibility index (Phi) is 6.70. The van der Waals surface area contributed by atoms with Crippen LogP contribution in [0.1, 0.15) is 5.56 Å². The van der Waals surface area contributed by atoms with Gasteiger partial charge in [-0.1, -0.05) is 47.5 Å². The first-order valence-electron chi connectivity index (χ1n) is 6.79. The second kappa shape index (κ2) is 8.13. The smallest absolute Gasteiger partial charge is 0.282 e. The van der Waals surface area contributed by atoms with Gasteiger partial charge in [-0.15, -0.1) is 11.6 Å². The Balaban J connectivity index is 0.00000192. The Bertz CT molecular complexity index is 829. The van der Waals surface area contributed by atoms with Gasteiger partial charge >= 0.3 is 58.2 Å². The first-order valence-corrected chi connectivity index (χ1v) is 7.16. The van der Waals surface area contributed by atoms with E-state index in [1.807, 2.05) is 31.2 Å². The molecule has 0 aliphatic heterocycles. The van der Waals surface area contributed by atoms with E-state index in [0.717, 1.165) is 11.1 Å². The monoisotopic (exact) mass is 398 g/mol. The topological polar surface area (TPSA) is 0 Å². The average molecular weight is 399 g/mol. The van der Waals surface area contributed by atoms with E-state index in [4.69, 9.17) is 11.6 Å². The number of rotatable bonds is 2. The summed E-state index contributed by atoms with van der Waals surface area (Å²) >= 11 is 5.72. The van der Waals surface area contributed by atoms with Crippen molar-refractivity contribution in [2.24, 2.45) is 0 Å². The van der Waals surface area contributed by atoms with E-state index in [9.17, 15) is 8.78 Å². The van der Waals surface area contributed by atoms with Gasteiger partial charge in [0.2, 0.25) is 0 Å². The van der Waals surface area contributed by atoms with Gasteiger partial charge in [0.15, 0.2) is 0 Å². The van der Waals surface area contributed by atoms with Crippen LogP contribution in [-0.4, -0.2) is 0 Å². The van der Waals surface area contributed by atoms with Crippen molar-refractivity contribution in [3.05, 3.63) is 82.9 Å². The molecule has 0 bridgehead atoms. The molecule has 0 aliphatic rings. The fourth-order valence-electron chi connectivity index (χ4n) is 2.33. The predicted molar refractivity (Wildman–Crippen MR) is 85.8 cm³/mol. The molecule has 0 aliphatic carbocycles. The minimum atomic E-state index is -0.591. The van der Waals surface area contributed by atoms with Crippen LogP contribution >= 0.6 is 11.6 Å². The minimum Gasteiger partial charge on any atom is -0.282 e. The van der Waals surface area contributed by atoms with Crippen molar-refractivity contribution in [3.63, 3.8) is 0 Å². The first kappa shape index (κ1) is 18.9. The quantitative estimate of drug-likeness (QED) is 0.582. The van der Waals surface area contributed by atoms with Crippen LogP contribution < -0.4 is 58.2 Å². The summed E-state index contributed by atoms with van der Waals surface area (Å²) in [5.41, 5.74) is 3.09. The van der Waals surface area contributed by atoms with Crippen molar-refractivity contribution >= 4 is 11.6 Å². The van der Waals surface area contributed by atoms with Crippen LogP contribution in [-0.2, 0) is 0 Å². The van der Waals surface area contributed by atoms with Gasteiger partial charge in [-0.05, 0) is 29.1 Å². The summed E-state index contributed by atoms with van der Waals surface area (Å²) in [6.07, 6.45) is 0. The minimum absolute atomic E-state index is 0. The van der Waals surface area contributed by atoms with Crippen molar-refractivity contribution in [2.75, 3.05) is 0 Å². The Morgan fingerprint density at radius 1 is 0.870 bits per heavy atom. The Morgan fingerprint density at radius 3 is 2.17 bits per heavy atom. The maximum atomic E-state index is 14.4. The zero-order valence-electron chi connectivity index (χ0n) is 12.8. The molecule has 4 heteroatoms. The molecule has 110 valence electrons. The van der Waals surface area contributed by atoms with Crippen LogP contribution in [0.5, 0.6) is 0 Å². The molecule has 0 N–H and O–H groups in total. The molecular weight excluding hydrogens is 387 g/mol. The van der Waals surface area contributed by atoms with E-state index in [-0.39, 0.29) is 68.8 Å². The van der Waals surface area contributed by atoms with Crippen LogP contribution in [0.4, 0.5) is 8.78 Å². The second-order valence-corrected chi connectivity index (χ2v) is 5.46. The van der Waals surface area contributed by atoms with E-state index in [1.165, 1.54) is 18.2 Å². The van der Waals surface area contributed by atoms with Gasteiger partial charge in [0.05, 0.1) is 0 Å². The molecule has 0 unspecified atom stereocenters. The maximum Gasteiger partial charge on any atom is 1.00 e. The fraction of sp³-hybridized carbons (Fsp3) is 0.0526. The summed E-state index contributed by atoms with van der Waals surface area (Å²) < 4.78 is 28.4. The largest absolute Gasteiger partial charge is 1.00 e. The predicted octanol–water partition coefficient (Wildman–Crippen LogP) is 3.06. The normalized spacial score (nSPS) is 10.3. The summed E-state index contributed by atoms with van der Waals surface area (Å²) in [7, 11) is 0. The van der Waals surface area contributed by atoms with Gasteiger partial charge in [-0.25, -0.2) is 4.39 Å². The van der Waals surface area contributed by atoms with Crippen LogP contribution in [0.15, 0.2) is 54.6 Å². The van der Waals surface area contributed by atoms with Crippen LogP contribution in [0.2, 0.25) is 5.02 Å². The third-order valence-corrected chi connectivity index (χ3v) is 3.81. The summed E-state index contributed by atoms with van der Waals surface area (Å²) in [4.78, 5) is 0. The average Bonchev–Trinajstić information content (AvgIpc) is 2.51. The molecule has 0 saturated carbocycles. The van der Waals surface area contributed by atoms with Gasteiger partial charge in [-0.3, -0.25) is 4.39 Å². The molecule has 0 aromatic heterocycles. The number of halogens is 3. The number of benzene rings is 3. The number of hydrogen-bond acceptors (Lipinski definition) is 0. The summed E-state index contributed by atoms with van der Waals surface area (Å²) in [6.45, 7) is 1.97. The van der Waals surface area contributed by atoms with Crippen LogP contribution in [0.3, 0.4) is 0 Å². The summed E-state index contributed by atoms with van der Waals surface area (Å²) in [6, 6.07) is 17.9. The Morgan fingerprint density at radius 2 is 1.52 bits per heavy atom. The molecule has 3 rings (SSSR count). The molecule has 0 saturated heterocycles. The van der Waals surface area contributed by atoms with E-state index in [0.29, 0.717) is 11.1 Å². The van der Waals surface area contributed by atoms with E-state index in [2.05, 4.69) is 6.07 Å².